The topological polar surface area (TPSA) is 54.9 Å². The average molecular weight is 464 g/mol. The molecule has 1 spiro atoms. The molecular weight excluding hydrogens is 434 g/mol. The second-order valence-electron chi connectivity index (χ2n) is 9.45. The first-order valence-electron chi connectivity index (χ1n) is 11.2. The van der Waals surface area contributed by atoms with Gasteiger partial charge in [-0.1, -0.05) is 24.3 Å². The van der Waals surface area contributed by atoms with Gasteiger partial charge < -0.3 is 19.3 Å². The van der Waals surface area contributed by atoms with Crippen LogP contribution in [0.3, 0.4) is 0 Å². The predicted octanol–water partition coefficient (Wildman–Crippen LogP) is 5.00. The van der Waals surface area contributed by atoms with Crippen LogP contribution in [0.25, 0.3) is 0 Å². The molecule has 3 aromatic rings. The third-order valence-corrected chi connectivity index (χ3v) is 7.45. The van der Waals surface area contributed by atoms with Crippen molar-refractivity contribution < 1.29 is 14.3 Å². The normalized spacial score (nSPS) is 20.4. The van der Waals surface area contributed by atoms with E-state index in [1.807, 2.05) is 73.4 Å². The Labute approximate surface area is 198 Å². The molecule has 5 rings (SSSR count). The van der Waals surface area contributed by atoms with Crippen LogP contribution < -0.4 is 19.3 Å². The van der Waals surface area contributed by atoms with Crippen molar-refractivity contribution in [1.82, 2.24) is 4.98 Å². The van der Waals surface area contributed by atoms with Crippen molar-refractivity contribution in [2.24, 2.45) is 0 Å². The lowest BCUT2D eigenvalue weighted by Crippen LogP contribution is -2.50. The second kappa shape index (κ2) is 7.76. The number of aromatic nitrogens is 1. The van der Waals surface area contributed by atoms with Crippen LogP contribution in [0.2, 0.25) is 0 Å². The van der Waals surface area contributed by atoms with Crippen LogP contribution >= 0.6 is 11.3 Å². The second-order valence-corrected chi connectivity index (χ2v) is 10.5. The summed E-state index contributed by atoms with van der Waals surface area (Å²) in [6, 6.07) is 14.0. The number of carbonyl (C=O) groups excluding carboxylic acids is 1. The molecule has 1 atom stereocenters. The van der Waals surface area contributed by atoms with Crippen molar-refractivity contribution >= 4 is 28.1 Å². The van der Waals surface area contributed by atoms with Gasteiger partial charge in [-0.15, -0.1) is 11.3 Å². The molecule has 172 valence electrons. The summed E-state index contributed by atoms with van der Waals surface area (Å²) in [5.41, 5.74) is 1.59. The molecule has 2 aliphatic heterocycles. The molecule has 1 amide bonds. The van der Waals surface area contributed by atoms with E-state index < -0.39 is 11.0 Å². The highest BCUT2D eigenvalue weighted by Gasteiger charge is 2.58. The van der Waals surface area contributed by atoms with Crippen molar-refractivity contribution in [1.29, 1.82) is 0 Å². The van der Waals surface area contributed by atoms with Gasteiger partial charge >= 0.3 is 0 Å². The molecule has 0 saturated heterocycles. The third kappa shape index (κ3) is 3.46. The molecule has 0 radical (unpaired) electrons. The zero-order valence-electron chi connectivity index (χ0n) is 19.7. The largest absolute Gasteiger partial charge is 0.494 e. The molecule has 0 N–H and O–H groups in total. The summed E-state index contributed by atoms with van der Waals surface area (Å²) in [6.45, 7) is 7.14. The van der Waals surface area contributed by atoms with E-state index in [9.17, 15) is 4.79 Å². The van der Waals surface area contributed by atoms with Gasteiger partial charge in [-0.2, -0.15) is 0 Å². The highest BCUT2D eigenvalue weighted by molar-refractivity contribution is 7.15. The summed E-state index contributed by atoms with van der Waals surface area (Å²) in [4.78, 5) is 23.8. The maximum absolute atomic E-state index is 14.4. The van der Waals surface area contributed by atoms with Crippen molar-refractivity contribution in [3.63, 3.8) is 0 Å². The number of fused-ring (bicyclic) bond motifs is 4. The Kier molecular flexibility index (Phi) is 5.12. The smallest absolute Gasteiger partial charge is 0.242 e. The number of amides is 1. The molecule has 0 bridgehead atoms. The molecule has 2 aliphatic rings. The number of carbonyl (C=O) groups is 1. The molecule has 1 unspecified atom stereocenters. The van der Waals surface area contributed by atoms with E-state index in [1.165, 1.54) is 0 Å². The van der Waals surface area contributed by atoms with Gasteiger partial charge in [0.1, 0.15) is 22.5 Å². The summed E-state index contributed by atoms with van der Waals surface area (Å²) in [5, 5.41) is 0.931. The SMILES string of the molecule is CCOc1ccc2c(c1)OC(C)(C)CC21C(=O)N(Cc2cnc(N(C)C)s2)c2ccccc21. The third-order valence-electron chi connectivity index (χ3n) is 6.30. The van der Waals surface area contributed by atoms with E-state index >= 15 is 0 Å². The van der Waals surface area contributed by atoms with Crippen LogP contribution in [0.1, 0.15) is 43.2 Å². The minimum Gasteiger partial charge on any atom is -0.494 e. The number of anilines is 2. The van der Waals surface area contributed by atoms with Gasteiger partial charge in [0.2, 0.25) is 5.91 Å². The average Bonchev–Trinajstić information content (AvgIpc) is 3.32. The molecule has 6 nitrogen and oxygen atoms in total. The highest BCUT2D eigenvalue weighted by atomic mass is 32.1. The maximum Gasteiger partial charge on any atom is 0.242 e. The number of benzene rings is 2. The Morgan fingerprint density at radius 1 is 1.18 bits per heavy atom. The predicted molar refractivity (Wildman–Crippen MR) is 132 cm³/mol. The van der Waals surface area contributed by atoms with Gasteiger partial charge in [-0.05, 0) is 38.5 Å². The summed E-state index contributed by atoms with van der Waals surface area (Å²) in [6.07, 6.45) is 2.44. The van der Waals surface area contributed by atoms with Crippen LogP contribution in [-0.4, -0.2) is 37.2 Å². The molecule has 3 heterocycles. The fourth-order valence-electron chi connectivity index (χ4n) is 5.11. The lowest BCUT2D eigenvalue weighted by molar-refractivity contribution is -0.124. The van der Waals surface area contributed by atoms with Crippen molar-refractivity contribution in [3.05, 3.63) is 64.7 Å². The monoisotopic (exact) mass is 463 g/mol. The van der Waals surface area contributed by atoms with Gasteiger partial charge in [0.15, 0.2) is 5.13 Å². The minimum atomic E-state index is -0.798. The van der Waals surface area contributed by atoms with E-state index in [2.05, 4.69) is 24.9 Å². The van der Waals surface area contributed by atoms with Gasteiger partial charge in [0, 0.05) is 48.9 Å². The Morgan fingerprint density at radius 3 is 2.70 bits per heavy atom. The highest BCUT2D eigenvalue weighted by Crippen LogP contribution is 2.56. The van der Waals surface area contributed by atoms with Gasteiger partial charge in [-0.3, -0.25) is 4.79 Å². The molecule has 1 aromatic heterocycles. The maximum atomic E-state index is 14.4. The Bertz CT molecular complexity index is 1220. The Balaban J connectivity index is 1.64. The van der Waals surface area contributed by atoms with E-state index in [-0.39, 0.29) is 5.91 Å². The van der Waals surface area contributed by atoms with Gasteiger partial charge in [0.25, 0.3) is 0 Å². The van der Waals surface area contributed by atoms with Crippen molar-refractivity contribution in [2.45, 2.75) is 44.8 Å². The first-order chi connectivity index (χ1) is 15.7. The lowest BCUT2D eigenvalue weighted by Gasteiger charge is -2.43. The zero-order chi connectivity index (χ0) is 23.4. The van der Waals surface area contributed by atoms with Crippen LogP contribution in [0, 0.1) is 0 Å². The van der Waals surface area contributed by atoms with Crippen LogP contribution in [0.4, 0.5) is 10.8 Å². The number of para-hydroxylation sites is 1. The quantitative estimate of drug-likeness (QED) is 0.533. The van der Waals surface area contributed by atoms with E-state index in [4.69, 9.17) is 9.47 Å². The van der Waals surface area contributed by atoms with Crippen molar-refractivity contribution in [2.75, 3.05) is 30.5 Å². The number of hydrogen-bond acceptors (Lipinski definition) is 6. The number of thiazole rings is 1. The summed E-state index contributed by atoms with van der Waals surface area (Å²) in [5.74, 6) is 1.56. The number of hydrogen-bond donors (Lipinski definition) is 0. The van der Waals surface area contributed by atoms with E-state index in [1.54, 1.807) is 11.3 Å². The standard InChI is InChI=1S/C26H29N3O3S/c1-6-31-17-11-12-20-22(13-17)32-25(2,3)16-26(20)19-9-7-8-10-21(19)29(23(26)30)15-18-14-27-24(33-18)28(4)5/h7-14H,6,15-16H2,1-5H3. The molecule has 0 fully saturated rings. The summed E-state index contributed by atoms with van der Waals surface area (Å²) >= 11 is 1.61. The van der Waals surface area contributed by atoms with Crippen molar-refractivity contribution in [3.8, 4) is 11.5 Å². The number of rotatable bonds is 5. The molecular formula is C26H29N3O3S. The first-order valence-corrected chi connectivity index (χ1v) is 12.1. The molecule has 0 aliphatic carbocycles. The van der Waals surface area contributed by atoms with Crippen LogP contribution in [0.5, 0.6) is 11.5 Å². The van der Waals surface area contributed by atoms with Crippen LogP contribution in [-0.2, 0) is 16.8 Å². The lowest BCUT2D eigenvalue weighted by atomic mass is 9.67. The zero-order valence-corrected chi connectivity index (χ0v) is 20.5. The summed E-state index contributed by atoms with van der Waals surface area (Å²) in [7, 11) is 3.96. The molecule has 33 heavy (non-hydrogen) atoms. The fourth-order valence-corrected chi connectivity index (χ4v) is 5.93. The first kappa shape index (κ1) is 21.8. The van der Waals surface area contributed by atoms with Crippen LogP contribution in [0.15, 0.2) is 48.7 Å². The Morgan fingerprint density at radius 2 is 1.97 bits per heavy atom. The summed E-state index contributed by atoms with van der Waals surface area (Å²) < 4.78 is 12.1. The van der Waals surface area contributed by atoms with E-state index in [0.717, 1.165) is 38.3 Å². The Hall–Kier alpha value is -3.06. The number of ether oxygens (including phenoxy) is 2. The van der Waals surface area contributed by atoms with Gasteiger partial charge in [-0.25, -0.2) is 4.98 Å². The van der Waals surface area contributed by atoms with E-state index in [0.29, 0.717) is 19.6 Å². The molecule has 0 saturated carbocycles. The number of nitrogens with zero attached hydrogens (tertiary/aromatic N) is 3. The minimum absolute atomic E-state index is 0.0882. The molecule has 2 aromatic carbocycles. The van der Waals surface area contributed by atoms with Gasteiger partial charge in [0.05, 0.1) is 13.2 Å². The molecule has 7 heteroatoms. The fraction of sp³-hybridized carbons (Fsp3) is 0.385.